The van der Waals surface area contributed by atoms with Crippen molar-refractivity contribution in [3.05, 3.63) is 0 Å². The quantitative estimate of drug-likeness (QED) is 0.722. The van der Waals surface area contributed by atoms with Gasteiger partial charge in [-0.05, 0) is 66.6 Å². The number of hydrogen-bond acceptors (Lipinski definition) is 2. The second-order valence-electron chi connectivity index (χ2n) is 10.2. The predicted molar refractivity (Wildman–Crippen MR) is 87.4 cm³/mol. The Kier molecular flexibility index (Phi) is 2.88. The van der Waals surface area contributed by atoms with Crippen LogP contribution in [0.4, 0.5) is 0 Å². The molecule has 6 atom stereocenters. The van der Waals surface area contributed by atoms with Crippen LogP contribution in [0.3, 0.4) is 0 Å². The van der Waals surface area contributed by atoms with Gasteiger partial charge in [-0.1, -0.05) is 34.1 Å². The summed E-state index contributed by atoms with van der Waals surface area (Å²) in [5.74, 6) is 1.27. The average Bonchev–Trinajstić information content (AvgIpc) is 2.74. The molecule has 0 aromatic heterocycles. The van der Waals surface area contributed by atoms with Crippen LogP contribution in [0.25, 0.3) is 0 Å². The van der Waals surface area contributed by atoms with Gasteiger partial charge in [0.05, 0.1) is 6.10 Å². The Bertz CT molecular complexity index is 524. The Morgan fingerprint density at radius 1 is 1.05 bits per heavy atom. The maximum Gasteiger partial charge on any atom is 0.139 e. The number of ketones is 1. The zero-order valence-electron chi connectivity index (χ0n) is 14.7. The van der Waals surface area contributed by atoms with E-state index in [1.54, 1.807) is 0 Å². The molecule has 1 N–H and O–H groups in total. The zero-order valence-corrected chi connectivity index (χ0v) is 14.7. The number of aliphatic hydroxyl groups excluding tert-OH is 1. The van der Waals surface area contributed by atoms with Crippen LogP contribution in [0.15, 0.2) is 0 Å². The van der Waals surface area contributed by atoms with E-state index in [4.69, 9.17) is 0 Å². The average molecular weight is 304 g/mol. The molecule has 0 heterocycles. The minimum Gasteiger partial charge on any atom is -0.393 e. The van der Waals surface area contributed by atoms with Gasteiger partial charge in [0.25, 0.3) is 0 Å². The molecular weight excluding hydrogens is 272 g/mol. The number of hydrogen-bond donors (Lipinski definition) is 1. The van der Waals surface area contributed by atoms with Crippen molar-refractivity contribution in [1.82, 2.24) is 0 Å². The summed E-state index contributed by atoms with van der Waals surface area (Å²) < 4.78 is 0. The van der Waals surface area contributed by atoms with Crippen molar-refractivity contribution in [3.8, 4) is 0 Å². The standard InChI is InChI=1S/C20H32O2/c1-17(2)6-5-7-19(4)15(17)11-14(21)13-10-16(22)18(3)8-9-20(13,19)12-18/h13-15,21H,5-12H2,1-4H3/t13-,14+,15-,18?,19-,20-/m0/s1. The second-order valence-corrected chi connectivity index (χ2v) is 10.2. The van der Waals surface area contributed by atoms with Crippen LogP contribution in [0, 0.1) is 33.5 Å². The second kappa shape index (κ2) is 4.18. The topological polar surface area (TPSA) is 37.3 Å². The number of Topliss-reactive ketones (excluding diaryl/α,β-unsaturated/α-hetero) is 1. The van der Waals surface area contributed by atoms with Crippen molar-refractivity contribution in [1.29, 1.82) is 0 Å². The molecule has 124 valence electrons. The third-order valence-corrected chi connectivity index (χ3v) is 8.93. The molecule has 4 saturated carbocycles. The van der Waals surface area contributed by atoms with E-state index in [1.165, 1.54) is 25.7 Å². The van der Waals surface area contributed by atoms with Crippen molar-refractivity contribution in [3.63, 3.8) is 0 Å². The summed E-state index contributed by atoms with van der Waals surface area (Å²) in [5, 5.41) is 11.0. The number of carbonyl (C=O) groups excluding carboxylic acids is 1. The van der Waals surface area contributed by atoms with Crippen LogP contribution in [-0.4, -0.2) is 17.0 Å². The van der Waals surface area contributed by atoms with Gasteiger partial charge in [0, 0.05) is 11.8 Å². The molecule has 4 aliphatic rings. The van der Waals surface area contributed by atoms with Gasteiger partial charge in [0.15, 0.2) is 0 Å². The molecule has 1 spiro atoms. The highest BCUT2D eigenvalue weighted by Gasteiger charge is 2.70. The van der Waals surface area contributed by atoms with Gasteiger partial charge in [-0.25, -0.2) is 0 Å². The van der Waals surface area contributed by atoms with Crippen LogP contribution >= 0.6 is 0 Å². The Morgan fingerprint density at radius 3 is 2.50 bits per heavy atom. The van der Waals surface area contributed by atoms with Gasteiger partial charge in [0.1, 0.15) is 5.78 Å². The fourth-order valence-electron chi connectivity index (χ4n) is 7.69. The number of aliphatic hydroxyl groups is 1. The molecule has 0 aromatic carbocycles. The monoisotopic (exact) mass is 304 g/mol. The Hall–Kier alpha value is -0.370. The Morgan fingerprint density at radius 2 is 1.77 bits per heavy atom. The maximum absolute atomic E-state index is 12.7. The fourth-order valence-corrected chi connectivity index (χ4v) is 7.69. The number of fused-ring (bicyclic) bond motifs is 2. The summed E-state index contributed by atoms with van der Waals surface area (Å²) in [5.41, 5.74) is 0.768. The lowest BCUT2D eigenvalue weighted by Crippen LogP contribution is -2.63. The molecule has 0 radical (unpaired) electrons. The van der Waals surface area contributed by atoms with E-state index < -0.39 is 0 Å². The molecule has 0 amide bonds. The van der Waals surface area contributed by atoms with Crippen LogP contribution in [0.1, 0.15) is 79.1 Å². The molecule has 0 aromatic rings. The first kappa shape index (κ1) is 15.2. The van der Waals surface area contributed by atoms with Crippen molar-refractivity contribution < 1.29 is 9.90 Å². The first-order chi connectivity index (χ1) is 10.1. The molecular formula is C20H32O2. The normalized spacial score (nSPS) is 56.4. The van der Waals surface area contributed by atoms with Crippen molar-refractivity contribution >= 4 is 5.78 Å². The molecule has 2 nitrogen and oxygen atoms in total. The third-order valence-electron chi connectivity index (χ3n) is 8.93. The van der Waals surface area contributed by atoms with E-state index in [0.717, 1.165) is 19.3 Å². The van der Waals surface area contributed by atoms with E-state index in [2.05, 4.69) is 27.7 Å². The summed E-state index contributed by atoms with van der Waals surface area (Å²) in [7, 11) is 0. The minimum absolute atomic E-state index is 0.0945. The molecule has 0 aliphatic heterocycles. The van der Waals surface area contributed by atoms with Crippen molar-refractivity contribution in [2.24, 2.45) is 33.5 Å². The molecule has 2 bridgehead atoms. The smallest absolute Gasteiger partial charge is 0.139 e. The van der Waals surface area contributed by atoms with Gasteiger partial charge in [-0.15, -0.1) is 0 Å². The summed E-state index contributed by atoms with van der Waals surface area (Å²) in [6.45, 7) is 9.56. The molecule has 0 saturated heterocycles. The molecule has 4 rings (SSSR count). The molecule has 4 fully saturated rings. The van der Waals surface area contributed by atoms with Gasteiger partial charge >= 0.3 is 0 Å². The van der Waals surface area contributed by atoms with E-state index >= 15 is 0 Å². The minimum atomic E-state index is -0.262. The van der Waals surface area contributed by atoms with Crippen LogP contribution in [0.5, 0.6) is 0 Å². The van der Waals surface area contributed by atoms with Crippen LogP contribution < -0.4 is 0 Å². The van der Waals surface area contributed by atoms with E-state index in [9.17, 15) is 9.90 Å². The highest BCUT2D eigenvalue weighted by atomic mass is 16.3. The molecule has 4 aliphatic carbocycles. The van der Waals surface area contributed by atoms with E-state index in [1.807, 2.05) is 0 Å². The first-order valence-electron chi connectivity index (χ1n) is 9.36. The van der Waals surface area contributed by atoms with Crippen LogP contribution in [0.2, 0.25) is 0 Å². The highest BCUT2D eigenvalue weighted by molar-refractivity contribution is 5.86. The highest BCUT2D eigenvalue weighted by Crippen LogP contribution is 2.75. The zero-order chi connectivity index (χ0) is 16.0. The SMILES string of the molecule is CC12CC[C@]3(C1)[C@@H](CC2=O)[C@H](O)C[C@H]1C(C)(C)CCC[C@@]13C. The fraction of sp³-hybridized carbons (Fsp3) is 0.950. The lowest BCUT2D eigenvalue weighted by Gasteiger charge is -2.67. The van der Waals surface area contributed by atoms with E-state index in [-0.39, 0.29) is 22.9 Å². The summed E-state index contributed by atoms with van der Waals surface area (Å²) >= 11 is 0. The maximum atomic E-state index is 12.7. The third kappa shape index (κ3) is 1.58. The van der Waals surface area contributed by atoms with Gasteiger partial charge < -0.3 is 5.11 Å². The van der Waals surface area contributed by atoms with Gasteiger partial charge in [-0.3, -0.25) is 4.79 Å². The number of carbonyl (C=O) groups is 1. The van der Waals surface area contributed by atoms with Crippen LogP contribution in [-0.2, 0) is 4.79 Å². The summed E-state index contributed by atoms with van der Waals surface area (Å²) in [6, 6.07) is 0. The number of rotatable bonds is 0. The Labute approximate surface area is 135 Å². The molecule has 1 unspecified atom stereocenters. The summed E-state index contributed by atoms with van der Waals surface area (Å²) in [6.07, 6.45) is 8.46. The van der Waals surface area contributed by atoms with Gasteiger partial charge in [-0.2, -0.15) is 0 Å². The van der Waals surface area contributed by atoms with Crippen molar-refractivity contribution in [2.75, 3.05) is 0 Å². The van der Waals surface area contributed by atoms with Crippen molar-refractivity contribution in [2.45, 2.75) is 85.2 Å². The Balaban J connectivity index is 1.85. The van der Waals surface area contributed by atoms with Gasteiger partial charge in [0.2, 0.25) is 0 Å². The first-order valence-corrected chi connectivity index (χ1v) is 9.36. The molecule has 2 heteroatoms. The lowest BCUT2D eigenvalue weighted by atomic mass is 9.38. The lowest BCUT2D eigenvalue weighted by molar-refractivity contribution is -0.209. The molecule has 22 heavy (non-hydrogen) atoms. The predicted octanol–water partition coefficient (Wildman–Crippen LogP) is 4.35. The van der Waals surface area contributed by atoms with E-state index in [0.29, 0.717) is 29.0 Å². The summed E-state index contributed by atoms with van der Waals surface area (Å²) in [4.78, 5) is 12.7. The largest absolute Gasteiger partial charge is 0.393 e.